The standard InChI is InChI=1S/C17H20ClN3O4/c1-17(2,3)25-16(24)20-13(15(22)23)9-12-5-4-8-21(12)14-7-6-11(18)10-19-14/h4-8,10,13H,9H2,1-3H3,(H,20,24)(H,22,23). The lowest BCUT2D eigenvalue weighted by Crippen LogP contribution is -2.44. The fourth-order valence-electron chi connectivity index (χ4n) is 2.18. The lowest BCUT2D eigenvalue weighted by Gasteiger charge is -2.22. The SMILES string of the molecule is CC(C)(C)OC(=O)NC(Cc1cccn1-c1ccc(Cl)cn1)C(=O)O. The van der Waals surface area contributed by atoms with Gasteiger partial charge in [0.2, 0.25) is 0 Å². The highest BCUT2D eigenvalue weighted by Gasteiger charge is 2.25. The predicted molar refractivity (Wildman–Crippen MR) is 93.1 cm³/mol. The Labute approximate surface area is 150 Å². The molecule has 134 valence electrons. The van der Waals surface area contributed by atoms with Crippen LogP contribution in [0.1, 0.15) is 26.5 Å². The van der Waals surface area contributed by atoms with Crippen molar-refractivity contribution in [2.75, 3.05) is 0 Å². The highest BCUT2D eigenvalue weighted by Crippen LogP contribution is 2.15. The van der Waals surface area contributed by atoms with E-state index in [-0.39, 0.29) is 6.42 Å². The molecule has 2 rings (SSSR count). The van der Waals surface area contributed by atoms with Crippen LogP contribution in [0.2, 0.25) is 5.02 Å². The van der Waals surface area contributed by atoms with Crippen molar-refractivity contribution in [2.24, 2.45) is 0 Å². The molecule has 0 fully saturated rings. The van der Waals surface area contributed by atoms with Crippen molar-refractivity contribution in [3.8, 4) is 5.82 Å². The molecule has 2 N–H and O–H groups in total. The molecule has 0 aromatic carbocycles. The van der Waals surface area contributed by atoms with Gasteiger partial charge in [0.05, 0.1) is 5.02 Å². The molecule has 25 heavy (non-hydrogen) atoms. The van der Waals surface area contributed by atoms with E-state index in [1.165, 1.54) is 6.20 Å². The maximum absolute atomic E-state index is 11.9. The first-order chi connectivity index (χ1) is 11.7. The molecular formula is C17H20ClN3O4. The van der Waals surface area contributed by atoms with Crippen molar-refractivity contribution in [3.63, 3.8) is 0 Å². The molecule has 0 radical (unpaired) electrons. The van der Waals surface area contributed by atoms with E-state index in [9.17, 15) is 14.7 Å². The van der Waals surface area contributed by atoms with Crippen LogP contribution < -0.4 is 5.32 Å². The van der Waals surface area contributed by atoms with Gasteiger partial charge in [-0.25, -0.2) is 14.6 Å². The largest absolute Gasteiger partial charge is 0.480 e. The summed E-state index contributed by atoms with van der Waals surface area (Å²) in [5, 5.41) is 12.3. The van der Waals surface area contributed by atoms with Gasteiger partial charge in [0, 0.05) is 24.5 Å². The number of carbonyl (C=O) groups is 2. The average molecular weight is 366 g/mol. The Morgan fingerprint density at radius 1 is 1.36 bits per heavy atom. The number of rotatable bonds is 5. The van der Waals surface area contributed by atoms with Gasteiger partial charge >= 0.3 is 12.1 Å². The summed E-state index contributed by atoms with van der Waals surface area (Å²) in [6.45, 7) is 5.12. The molecular weight excluding hydrogens is 346 g/mol. The summed E-state index contributed by atoms with van der Waals surface area (Å²) in [7, 11) is 0. The van der Waals surface area contributed by atoms with Gasteiger partial charge < -0.3 is 19.7 Å². The highest BCUT2D eigenvalue weighted by molar-refractivity contribution is 6.30. The van der Waals surface area contributed by atoms with Crippen LogP contribution in [0.5, 0.6) is 0 Å². The van der Waals surface area contributed by atoms with E-state index in [2.05, 4.69) is 10.3 Å². The minimum atomic E-state index is -1.15. The summed E-state index contributed by atoms with van der Waals surface area (Å²) in [5.74, 6) is -0.548. The van der Waals surface area contributed by atoms with Crippen LogP contribution in [0.25, 0.3) is 5.82 Å². The van der Waals surface area contributed by atoms with Crippen LogP contribution in [0.15, 0.2) is 36.7 Å². The summed E-state index contributed by atoms with van der Waals surface area (Å²) >= 11 is 5.84. The Bertz CT molecular complexity index is 750. The molecule has 0 bridgehead atoms. The smallest absolute Gasteiger partial charge is 0.408 e. The maximum Gasteiger partial charge on any atom is 0.408 e. The topological polar surface area (TPSA) is 93.5 Å². The molecule has 0 saturated heterocycles. The Balaban J connectivity index is 2.16. The molecule has 1 unspecified atom stereocenters. The van der Waals surface area contributed by atoms with Crippen molar-refractivity contribution >= 4 is 23.7 Å². The normalized spacial score (nSPS) is 12.5. The summed E-state index contributed by atoms with van der Waals surface area (Å²) in [5.41, 5.74) is -0.0288. The molecule has 2 aromatic heterocycles. The number of hydrogen-bond acceptors (Lipinski definition) is 4. The molecule has 0 spiro atoms. The molecule has 8 heteroatoms. The van der Waals surface area contributed by atoms with Gasteiger partial charge in [-0.15, -0.1) is 0 Å². The number of hydrogen-bond donors (Lipinski definition) is 2. The zero-order valence-corrected chi connectivity index (χ0v) is 14.9. The third-order valence-electron chi connectivity index (χ3n) is 3.19. The lowest BCUT2D eigenvalue weighted by atomic mass is 10.1. The maximum atomic E-state index is 11.9. The van der Waals surface area contributed by atoms with E-state index in [0.29, 0.717) is 16.5 Å². The first kappa shape index (κ1) is 18.8. The fraction of sp³-hybridized carbons (Fsp3) is 0.353. The number of nitrogens with zero attached hydrogens (tertiary/aromatic N) is 2. The number of amides is 1. The van der Waals surface area contributed by atoms with E-state index in [0.717, 1.165) is 0 Å². The second-order valence-electron chi connectivity index (χ2n) is 6.45. The highest BCUT2D eigenvalue weighted by atomic mass is 35.5. The van der Waals surface area contributed by atoms with Gasteiger partial charge in [-0.2, -0.15) is 0 Å². The van der Waals surface area contributed by atoms with Crippen molar-refractivity contribution in [2.45, 2.75) is 38.8 Å². The van der Waals surface area contributed by atoms with E-state index < -0.39 is 23.7 Å². The third kappa shape index (κ3) is 5.49. The van der Waals surface area contributed by atoms with Crippen molar-refractivity contribution < 1.29 is 19.4 Å². The lowest BCUT2D eigenvalue weighted by molar-refractivity contribution is -0.139. The summed E-state index contributed by atoms with van der Waals surface area (Å²) in [6, 6.07) is 5.83. The van der Waals surface area contributed by atoms with E-state index >= 15 is 0 Å². The summed E-state index contributed by atoms with van der Waals surface area (Å²) in [4.78, 5) is 27.6. The van der Waals surface area contributed by atoms with Gasteiger partial charge in [0.1, 0.15) is 17.5 Å². The quantitative estimate of drug-likeness (QED) is 0.849. The van der Waals surface area contributed by atoms with E-state index in [4.69, 9.17) is 16.3 Å². The molecule has 0 saturated carbocycles. The number of carboxylic acid groups (broad SMARTS) is 1. The van der Waals surface area contributed by atoms with Gasteiger partial charge in [-0.3, -0.25) is 0 Å². The second-order valence-corrected chi connectivity index (χ2v) is 6.88. The number of alkyl carbamates (subject to hydrolysis) is 1. The number of aromatic nitrogens is 2. The van der Waals surface area contributed by atoms with Crippen LogP contribution in [-0.4, -0.2) is 38.4 Å². The van der Waals surface area contributed by atoms with Gasteiger partial charge in [0.25, 0.3) is 0 Å². The number of halogens is 1. The first-order valence-electron chi connectivity index (χ1n) is 7.66. The molecule has 0 aliphatic carbocycles. The first-order valence-corrected chi connectivity index (χ1v) is 8.04. The monoisotopic (exact) mass is 365 g/mol. The number of ether oxygens (including phenoxy) is 1. The fourth-order valence-corrected chi connectivity index (χ4v) is 2.29. The Hall–Kier alpha value is -2.54. The molecule has 0 aliphatic rings. The molecule has 2 heterocycles. The molecule has 7 nitrogen and oxygen atoms in total. The van der Waals surface area contributed by atoms with Crippen LogP contribution in [0, 0.1) is 0 Å². The van der Waals surface area contributed by atoms with Crippen LogP contribution in [-0.2, 0) is 16.0 Å². The minimum Gasteiger partial charge on any atom is -0.480 e. The number of pyridine rings is 1. The van der Waals surface area contributed by atoms with Crippen molar-refractivity contribution in [1.29, 1.82) is 0 Å². The number of aliphatic carboxylic acids is 1. The van der Waals surface area contributed by atoms with Crippen LogP contribution in [0.3, 0.4) is 0 Å². The van der Waals surface area contributed by atoms with Gasteiger partial charge in [-0.1, -0.05) is 11.6 Å². The molecule has 1 amide bonds. The Morgan fingerprint density at radius 2 is 2.08 bits per heavy atom. The zero-order valence-electron chi connectivity index (χ0n) is 14.2. The van der Waals surface area contributed by atoms with Crippen LogP contribution >= 0.6 is 11.6 Å². The Morgan fingerprint density at radius 3 is 2.64 bits per heavy atom. The van der Waals surface area contributed by atoms with Gasteiger partial charge in [0.15, 0.2) is 0 Å². The minimum absolute atomic E-state index is 0.0753. The summed E-state index contributed by atoms with van der Waals surface area (Å²) < 4.78 is 6.86. The molecule has 2 aromatic rings. The number of carboxylic acids is 1. The number of carbonyl (C=O) groups excluding carboxylic acids is 1. The van der Waals surface area contributed by atoms with E-state index in [1.54, 1.807) is 55.8 Å². The van der Waals surface area contributed by atoms with E-state index in [1.807, 2.05) is 0 Å². The average Bonchev–Trinajstić information content (AvgIpc) is 2.93. The van der Waals surface area contributed by atoms with Crippen molar-refractivity contribution in [1.82, 2.24) is 14.9 Å². The molecule has 0 aliphatic heterocycles. The second kappa shape index (κ2) is 7.57. The molecule has 1 atom stereocenters. The summed E-state index contributed by atoms with van der Waals surface area (Å²) in [6.07, 6.45) is 2.57. The Kier molecular flexibility index (Phi) is 5.69. The number of nitrogens with one attached hydrogen (secondary N) is 1. The predicted octanol–water partition coefficient (Wildman–Crippen LogP) is 3.05. The zero-order chi connectivity index (χ0) is 18.6. The third-order valence-corrected chi connectivity index (χ3v) is 3.42. The van der Waals surface area contributed by atoms with Crippen molar-refractivity contribution in [3.05, 3.63) is 47.4 Å². The van der Waals surface area contributed by atoms with Crippen LogP contribution in [0.4, 0.5) is 4.79 Å². The van der Waals surface area contributed by atoms with Gasteiger partial charge in [-0.05, 0) is 45.0 Å².